The van der Waals surface area contributed by atoms with Gasteiger partial charge in [0.2, 0.25) is 10.0 Å². The SMILES string of the molecule is COc1ccc2c(c1)CCCC2NCCCNS(C)(=O)=O. The Labute approximate surface area is 127 Å². The van der Waals surface area contributed by atoms with E-state index in [0.717, 1.165) is 31.6 Å². The number of aryl methyl sites for hydroxylation is 1. The lowest BCUT2D eigenvalue weighted by atomic mass is 9.87. The molecule has 1 atom stereocenters. The Morgan fingerprint density at radius 1 is 1.33 bits per heavy atom. The van der Waals surface area contributed by atoms with Gasteiger partial charge in [0, 0.05) is 12.6 Å². The van der Waals surface area contributed by atoms with Crippen LogP contribution in [0, 0.1) is 0 Å². The highest BCUT2D eigenvalue weighted by Crippen LogP contribution is 2.31. The van der Waals surface area contributed by atoms with Crippen LogP contribution in [0.25, 0.3) is 0 Å². The second-order valence-electron chi connectivity index (χ2n) is 5.48. The molecule has 1 aliphatic carbocycles. The molecule has 0 amide bonds. The van der Waals surface area contributed by atoms with Gasteiger partial charge < -0.3 is 10.1 Å². The minimum absolute atomic E-state index is 0.359. The van der Waals surface area contributed by atoms with Crippen LogP contribution in [0.1, 0.15) is 36.4 Å². The second-order valence-corrected chi connectivity index (χ2v) is 7.32. The zero-order valence-corrected chi connectivity index (χ0v) is 13.5. The van der Waals surface area contributed by atoms with Gasteiger partial charge in [0.1, 0.15) is 5.75 Å². The van der Waals surface area contributed by atoms with Crippen molar-refractivity contribution in [1.29, 1.82) is 0 Å². The highest BCUT2D eigenvalue weighted by molar-refractivity contribution is 7.88. The second kappa shape index (κ2) is 7.24. The summed E-state index contributed by atoms with van der Waals surface area (Å²) in [4.78, 5) is 0. The molecule has 21 heavy (non-hydrogen) atoms. The summed E-state index contributed by atoms with van der Waals surface area (Å²) in [7, 11) is -1.39. The number of methoxy groups -OCH3 is 1. The van der Waals surface area contributed by atoms with Gasteiger partial charge in [-0.2, -0.15) is 0 Å². The van der Waals surface area contributed by atoms with Gasteiger partial charge in [-0.1, -0.05) is 6.07 Å². The van der Waals surface area contributed by atoms with Crippen molar-refractivity contribution in [3.63, 3.8) is 0 Å². The van der Waals surface area contributed by atoms with Crippen molar-refractivity contribution in [2.24, 2.45) is 0 Å². The molecule has 2 rings (SSSR count). The fourth-order valence-corrected chi connectivity index (χ4v) is 3.27. The van der Waals surface area contributed by atoms with Crippen LogP contribution in [0.5, 0.6) is 5.75 Å². The Balaban J connectivity index is 1.86. The molecule has 0 fully saturated rings. The van der Waals surface area contributed by atoms with Gasteiger partial charge >= 0.3 is 0 Å². The molecule has 0 saturated carbocycles. The van der Waals surface area contributed by atoms with Crippen molar-refractivity contribution in [2.45, 2.75) is 31.7 Å². The zero-order valence-electron chi connectivity index (χ0n) is 12.7. The first-order chi connectivity index (χ1) is 9.99. The van der Waals surface area contributed by atoms with E-state index in [-0.39, 0.29) is 0 Å². The maximum absolute atomic E-state index is 11.0. The number of hydrogen-bond acceptors (Lipinski definition) is 4. The van der Waals surface area contributed by atoms with Crippen LogP contribution in [0.3, 0.4) is 0 Å². The number of sulfonamides is 1. The molecule has 118 valence electrons. The smallest absolute Gasteiger partial charge is 0.208 e. The van der Waals surface area contributed by atoms with Gasteiger partial charge in [0.25, 0.3) is 0 Å². The lowest BCUT2D eigenvalue weighted by molar-refractivity contribution is 0.410. The summed E-state index contributed by atoms with van der Waals surface area (Å²) in [5, 5.41) is 3.53. The largest absolute Gasteiger partial charge is 0.497 e. The van der Waals surface area contributed by atoms with E-state index < -0.39 is 10.0 Å². The summed E-state index contributed by atoms with van der Waals surface area (Å²) >= 11 is 0. The molecule has 1 aromatic carbocycles. The standard InChI is InChI=1S/C15H24N2O3S/c1-20-13-7-8-14-12(11-13)5-3-6-15(14)16-9-4-10-17-21(2,18)19/h7-8,11,15-17H,3-6,9-10H2,1-2H3. The molecule has 0 aliphatic heterocycles. The van der Waals surface area contributed by atoms with Crippen molar-refractivity contribution >= 4 is 10.0 Å². The molecule has 2 N–H and O–H groups in total. The molecule has 0 radical (unpaired) electrons. The van der Waals surface area contributed by atoms with Crippen LogP contribution in [-0.4, -0.2) is 34.9 Å². The number of hydrogen-bond donors (Lipinski definition) is 2. The van der Waals surface area contributed by atoms with Crippen molar-refractivity contribution < 1.29 is 13.2 Å². The number of fused-ring (bicyclic) bond motifs is 1. The Morgan fingerprint density at radius 3 is 2.86 bits per heavy atom. The molecule has 1 aromatic rings. The van der Waals surface area contributed by atoms with E-state index in [1.807, 2.05) is 6.07 Å². The van der Waals surface area contributed by atoms with E-state index >= 15 is 0 Å². The quantitative estimate of drug-likeness (QED) is 0.751. The van der Waals surface area contributed by atoms with E-state index in [1.165, 1.54) is 23.8 Å². The lowest BCUT2D eigenvalue weighted by Crippen LogP contribution is -2.29. The average Bonchev–Trinajstić information content (AvgIpc) is 2.45. The fraction of sp³-hybridized carbons (Fsp3) is 0.600. The summed E-state index contributed by atoms with van der Waals surface area (Å²) in [5.74, 6) is 0.909. The highest BCUT2D eigenvalue weighted by Gasteiger charge is 2.19. The van der Waals surface area contributed by atoms with Crippen molar-refractivity contribution in [3.8, 4) is 5.75 Å². The van der Waals surface area contributed by atoms with Crippen LogP contribution in [0.4, 0.5) is 0 Å². The molecule has 1 aliphatic rings. The molecule has 0 bridgehead atoms. The molecule has 0 spiro atoms. The van der Waals surface area contributed by atoms with Crippen molar-refractivity contribution in [3.05, 3.63) is 29.3 Å². The average molecular weight is 312 g/mol. The summed E-state index contributed by atoms with van der Waals surface area (Å²) in [6.45, 7) is 1.28. The lowest BCUT2D eigenvalue weighted by Gasteiger charge is -2.27. The maximum atomic E-state index is 11.0. The van der Waals surface area contributed by atoms with Crippen LogP contribution < -0.4 is 14.8 Å². The number of rotatable bonds is 7. The number of nitrogens with one attached hydrogen (secondary N) is 2. The van der Waals surface area contributed by atoms with Crippen LogP contribution in [-0.2, 0) is 16.4 Å². The monoisotopic (exact) mass is 312 g/mol. The van der Waals surface area contributed by atoms with Gasteiger partial charge in [0.05, 0.1) is 13.4 Å². The summed E-state index contributed by atoms with van der Waals surface area (Å²) in [6.07, 6.45) is 5.36. The first kappa shape index (κ1) is 16.3. The number of ether oxygens (including phenoxy) is 1. The Bertz CT molecular complexity index is 572. The first-order valence-corrected chi connectivity index (χ1v) is 9.23. The Kier molecular flexibility index (Phi) is 5.61. The van der Waals surface area contributed by atoms with Gasteiger partial charge in [-0.15, -0.1) is 0 Å². The van der Waals surface area contributed by atoms with Gasteiger partial charge in [-0.3, -0.25) is 0 Å². The third kappa shape index (κ3) is 4.98. The maximum Gasteiger partial charge on any atom is 0.208 e. The van der Waals surface area contributed by atoms with E-state index in [1.54, 1.807) is 7.11 Å². The topological polar surface area (TPSA) is 67.4 Å². The molecular weight excluding hydrogens is 288 g/mol. The predicted molar refractivity (Wildman–Crippen MR) is 84.1 cm³/mol. The third-order valence-electron chi connectivity index (χ3n) is 3.77. The molecule has 0 saturated heterocycles. The van der Waals surface area contributed by atoms with Crippen molar-refractivity contribution in [1.82, 2.24) is 10.0 Å². The van der Waals surface area contributed by atoms with Crippen LogP contribution >= 0.6 is 0 Å². The predicted octanol–water partition coefficient (Wildman–Crippen LogP) is 1.60. The first-order valence-electron chi connectivity index (χ1n) is 7.34. The molecule has 0 aromatic heterocycles. The van der Waals surface area contributed by atoms with Crippen molar-refractivity contribution in [2.75, 3.05) is 26.5 Å². The minimum atomic E-state index is -3.08. The van der Waals surface area contributed by atoms with Gasteiger partial charge in [0.15, 0.2) is 0 Å². The van der Waals surface area contributed by atoms with E-state index in [4.69, 9.17) is 4.74 Å². The third-order valence-corrected chi connectivity index (χ3v) is 4.50. The Hall–Kier alpha value is -1.11. The molecule has 0 heterocycles. The van der Waals surface area contributed by atoms with Gasteiger partial charge in [-0.05, 0) is 55.5 Å². The van der Waals surface area contributed by atoms with Gasteiger partial charge in [-0.25, -0.2) is 13.1 Å². The highest BCUT2D eigenvalue weighted by atomic mass is 32.2. The van der Waals surface area contributed by atoms with Crippen LogP contribution in [0.2, 0.25) is 0 Å². The van der Waals surface area contributed by atoms with Crippen LogP contribution in [0.15, 0.2) is 18.2 Å². The van der Waals surface area contributed by atoms with E-state index in [9.17, 15) is 8.42 Å². The van der Waals surface area contributed by atoms with E-state index in [2.05, 4.69) is 22.2 Å². The van der Waals surface area contributed by atoms with E-state index in [0.29, 0.717) is 12.6 Å². The number of benzene rings is 1. The Morgan fingerprint density at radius 2 is 2.14 bits per heavy atom. The minimum Gasteiger partial charge on any atom is -0.497 e. The molecular formula is C15H24N2O3S. The summed E-state index contributed by atoms with van der Waals surface area (Å²) in [5.41, 5.74) is 2.70. The summed E-state index contributed by atoms with van der Waals surface area (Å²) < 4.78 is 29.7. The normalized spacial score (nSPS) is 18.3. The molecule has 5 nitrogen and oxygen atoms in total. The summed E-state index contributed by atoms with van der Waals surface area (Å²) in [6, 6.07) is 6.62. The fourth-order valence-electron chi connectivity index (χ4n) is 2.75. The zero-order chi connectivity index (χ0) is 15.3. The molecule has 1 unspecified atom stereocenters. The molecule has 6 heteroatoms.